The molecule has 222 valence electrons. The number of hydrogen-bond acceptors (Lipinski definition) is 9. The first-order valence-corrected chi connectivity index (χ1v) is 14.5. The van der Waals surface area contributed by atoms with Gasteiger partial charge in [-0.2, -0.15) is 5.10 Å². The van der Waals surface area contributed by atoms with E-state index in [0.29, 0.717) is 51.3 Å². The van der Waals surface area contributed by atoms with Gasteiger partial charge in [-0.05, 0) is 62.7 Å². The van der Waals surface area contributed by atoms with Gasteiger partial charge < -0.3 is 23.8 Å². The third-order valence-corrected chi connectivity index (χ3v) is 7.36. The van der Waals surface area contributed by atoms with Crippen molar-refractivity contribution in [3.05, 3.63) is 83.8 Å². The van der Waals surface area contributed by atoms with Gasteiger partial charge in [0.1, 0.15) is 30.0 Å². The number of nitrogens with zero attached hydrogens (tertiary/aromatic N) is 6. The fourth-order valence-corrected chi connectivity index (χ4v) is 5.27. The molecule has 0 spiro atoms. The van der Waals surface area contributed by atoms with E-state index in [9.17, 15) is 0 Å². The average molecular weight is 581 g/mol. The minimum absolute atomic E-state index is 0.123. The van der Waals surface area contributed by atoms with Crippen LogP contribution in [0.5, 0.6) is 17.5 Å². The summed E-state index contributed by atoms with van der Waals surface area (Å²) in [6.45, 7) is 8.97. The van der Waals surface area contributed by atoms with Gasteiger partial charge in [-0.3, -0.25) is 4.68 Å². The highest BCUT2D eigenvalue weighted by Gasteiger charge is 2.24. The standard InChI is InChI=1S/C33H36N6O4/c1-22(2)39-31-29-19-28(36-30(31)23(3)37-39)27-8-6-14-35-33(27)43-18-16-41-15-17-42-32-25(7-5-13-34-32)21-38(29)20-24-9-11-26(40-4)12-10-24/h5-14,19,22H,15-18,20-21H2,1-4H3. The fraction of sp³-hybridized carbons (Fsp3) is 0.333. The first-order chi connectivity index (χ1) is 21.0. The van der Waals surface area contributed by atoms with Crippen LogP contribution in [0.15, 0.2) is 67.0 Å². The van der Waals surface area contributed by atoms with E-state index in [0.717, 1.165) is 50.5 Å². The van der Waals surface area contributed by atoms with Crippen molar-refractivity contribution >= 4 is 16.7 Å². The maximum atomic E-state index is 6.12. The Morgan fingerprint density at radius 3 is 2.37 bits per heavy atom. The molecule has 5 heterocycles. The Morgan fingerprint density at radius 2 is 1.63 bits per heavy atom. The van der Waals surface area contributed by atoms with Gasteiger partial charge in [0, 0.05) is 37.1 Å². The van der Waals surface area contributed by atoms with E-state index in [4.69, 9.17) is 29.0 Å². The number of fused-ring (bicyclic) bond motifs is 7. The lowest BCUT2D eigenvalue weighted by molar-refractivity contribution is 0.0741. The normalized spacial score (nSPS) is 14.1. The van der Waals surface area contributed by atoms with Crippen molar-refractivity contribution in [2.75, 3.05) is 38.4 Å². The minimum Gasteiger partial charge on any atom is -0.497 e. The number of anilines is 1. The second-order valence-electron chi connectivity index (χ2n) is 10.7. The van der Waals surface area contributed by atoms with Gasteiger partial charge in [0.25, 0.3) is 0 Å². The number of hydrogen-bond donors (Lipinski definition) is 0. The SMILES string of the molecule is COc1ccc(CN2Cc3cccnc3OCCOCCOc3ncccc3-c3cc2c2c(n3)c(C)nn2C(C)C)cc1. The van der Waals surface area contributed by atoms with Gasteiger partial charge >= 0.3 is 0 Å². The number of aromatic nitrogens is 5. The van der Waals surface area contributed by atoms with Gasteiger partial charge in [-0.25, -0.2) is 15.0 Å². The van der Waals surface area contributed by atoms with Gasteiger partial charge in [0.15, 0.2) is 0 Å². The molecule has 10 nitrogen and oxygen atoms in total. The van der Waals surface area contributed by atoms with Crippen LogP contribution in [-0.2, 0) is 17.8 Å². The van der Waals surface area contributed by atoms with Crippen LogP contribution in [-0.4, -0.2) is 58.3 Å². The van der Waals surface area contributed by atoms with Gasteiger partial charge in [0.2, 0.25) is 11.8 Å². The molecule has 1 aliphatic rings. The molecule has 0 fully saturated rings. The molecular weight excluding hydrogens is 544 g/mol. The summed E-state index contributed by atoms with van der Waals surface area (Å²) in [6, 6.07) is 18.3. The summed E-state index contributed by atoms with van der Waals surface area (Å²) in [5.41, 5.74) is 7.31. The van der Waals surface area contributed by atoms with Crippen LogP contribution >= 0.6 is 0 Å². The Bertz CT molecular complexity index is 1700. The van der Waals surface area contributed by atoms with Crippen LogP contribution in [0.3, 0.4) is 0 Å². The predicted molar refractivity (Wildman–Crippen MR) is 165 cm³/mol. The van der Waals surface area contributed by atoms with Gasteiger partial charge in [-0.15, -0.1) is 0 Å². The highest BCUT2D eigenvalue weighted by atomic mass is 16.5. The van der Waals surface area contributed by atoms with E-state index in [1.54, 1.807) is 19.5 Å². The molecule has 0 saturated heterocycles. The fourth-order valence-electron chi connectivity index (χ4n) is 5.27. The van der Waals surface area contributed by atoms with E-state index in [2.05, 4.69) is 57.7 Å². The molecule has 2 bridgehead atoms. The number of rotatable bonds is 4. The van der Waals surface area contributed by atoms with Crippen molar-refractivity contribution in [2.24, 2.45) is 0 Å². The van der Waals surface area contributed by atoms with E-state index in [-0.39, 0.29) is 6.04 Å². The van der Waals surface area contributed by atoms with E-state index < -0.39 is 0 Å². The minimum atomic E-state index is 0.123. The molecule has 0 atom stereocenters. The maximum absolute atomic E-state index is 6.12. The molecule has 0 saturated carbocycles. The summed E-state index contributed by atoms with van der Waals surface area (Å²) in [5.74, 6) is 1.91. The molecule has 0 amide bonds. The molecule has 0 N–H and O–H groups in total. The van der Waals surface area contributed by atoms with Crippen molar-refractivity contribution in [2.45, 2.75) is 39.9 Å². The van der Waals surface area contributed by atoms with Crippen LogP contribution in [0.25, 0.3) is 22.3 Å². The van der Waals surface area contributed by atoms with Crippen molar-refractivity contribution in [1.29, 1.82) is 0 Å². The number of methoxy groups -OCH3 is 1. The third kappa shape index (κ3) is 6.10. The smallest absolute Gasteiger partial charge is 0.222 e. The van der Waals surface area contributed by atoms with Crippen molar-refractivity contribution < 1.29 is 18.9 Å². The maximum Gasteiger partial charge on any atom is 0.222 e. The Kier molecular flexibility index (Phi) is 8.37. The van der Waals surface area contributed by atoms with Crippen LogP contribution in [0.1, 0.15) is 36.7 Å². The monoisotopic (exact) mass is 580 g/mol. The predicted octanol–water partition coefficient (Wildman–Crippen LogP) is 5.78. The zero-order chi connectivity index (χ0) is 29.8. The highest BCUT2D eigenvalue weighted by molar-refractivity contribution is 5.93. The molecule has 0 aliphatic carbocycles. The van der Waals surface area contributed by atoms with Crippen LogP contribution < -0.4 is 19.1 Å². The second-order valence-corrected chi connectivity index (χ2v) is 10.7. The zero-order valence-corrected chi connectivity index (χ0v) is 25.0. The lowest BCUT2D eigenvalue weighted by Gasteiger charge is -2.28. The van der Waals surface area contributed by atoms with Gasteiger partial charge in [-0.1, -0.05) is 18.2 Å². The number of pyridine rings is 3. The number of benzene rings is 1. The molecule has 1 aliphatic heterocycles. The van der Waals surface area contributed by atoms with Gasteiger partial charge in [0.05, 0.1) is 43.0 Å². The highest BCUT2D eigenvalue weighted by Crippen LogP contribution is 2.38. The Morgan fingerprint density at radius 1 is 0.907 bits per heavy atom. The quantitative estimate of drug-likeness (QED) is 0.262. The molecule has 5 aromatic rings. The van der Waals surface area contributed by atoms with Crippen molar-refractivity contribution in [3.8, 4) is 28.8 Å². The molecule has 6 rings (SSSR count). The van der Waals surface area contributed by atoms with E-state index >= 15 is 0 Å². The van der Waals surface area contributed by atoms with E-state index in [1.165, 1.54) is 0 Å². The summed E-state index contributed by atoms with van der Waals surface area (Å²) < 4.78 is 25.5. The topological polar surface area (TPSA) is 96.7 Å². The average Bonchev–Trinajstić information content (AvgIpc) is 3.37. The van der Waals surface area contributed by atoms with Crippen molar-refractivity contribution in [3.63, 3.8) is 0 Å². The Hall–Kier alpha value is -4.70. The summed E-state index contributed by atoms with van der Waals surface area (Å²) in [6.07, 6.45) is 3.48. The Labute approximate surface area is 251 Å². The van der Waals surface area contributed by atoms with Crippen LogP contribution in [0, 0.1) is 6.92 Å². The van der Waals surface area contributed by atoms with E-state index in [1.807, 2.05) is 37.3 Å². The first-order valence-electron chi connectivity index (χ1n) is 14.5. The molecular formula is C33H36N6O4. The summed E-state index contributed by atoms with van der Waals surface area (Å²) in [5, 5.41) is 4.94. The molecule has 0 radical (unpaired) electrons. The molecule has 1 aromatic carbocycles. The van der Waals surface area contributed by atoms with Crippen molar-refractivity contribution in [1.82, 2.24) is 24.7 Å². The van der Waals surface area contributed by atoms with Crippen LogP contribution in [0.2, 0.25) is 0 Å². The first kappa shape index (κ1) is 28.4. The second kappa shape index (κ2) is 12.7. The Balaban J connectivity index is 1.59. The lowest BCUT2D eigenvalue weighted by Crippen LogP contribution is -2.24. The number of aryl methyl sites for hydroxylation is 1. The molecule has 4 aromatic heterocycles. The summed E-state index contributed by atoms with van der Waals surface area (Å²) in [7, 11) is 1.68. The summed E-state index contributed by atoms with van der Waals surface area (Å²) >= 11 is 0. The lowest BCUT2D eigenvalue weighted by atomic mass is 10.1. The van der Waals surface area contributed by atoms with Crippen LogP contribution in [0.4, 0.5) is 5.69 Å². The zero-order valence-electron chi connectivity index (χ0n) is 25.0. The largest absolute Gasteiger partial charge is 0.497 e. The summed E-state index contributed by atoms with van der Waals surface area (Å²) in [4.78, 5) is 16.6. The molecule has 43 heavy (non-hydrogen) atoms. The third-order valence-electron chi connectivity index (χ3n) is 7.36. The molecule has 0 unspecified atom stereocenters. The molecule has 10 heteroatoms. The number of ether oxygens (including phenoxy) is 4.